The molecule has 0 bridgehead atoms. The molecule has 2 rings (SSSR count). The smallest absolute Gasteiger partial charge is 0.335 e. The third-order valence-electron chi connectivity index (χ3n) is 2.91. The zero-order valence-corrected chi connectivity index (χ0v) is 10.5. The number of amides is 1. The van der Waals surface area contributed by atoms with Gasteiger partial charge < -0.3 is 21.5 Å². The van der Waals surface area contributed by atoms with Crippen LogP contribution < -0.4 is 16.4 Å². The highest BCUT2D eigenvalue weighted by Gasteiger charge is 2.22. The van der Waals surface area contributed by atoms with Crippen molar-refractivity contribution in [3.63, 3.8) is 0 Å². The summed E-state index contributed by atoms with van der Waals surface area (Å²) >= 11 is 0. The number of rotatable bonds is 6. The number of carbonyl (C=O) groups excluding carboxylic acids is 1. The normalized spacial score (nSPS) is 13.9. The Hall–Kier alpha value is -2.24. The lowest BCUT2D eigenvalue weighted by molar-refractivity contribution is -0.120. The number of aromatic carboxylic acids is 1. The van der Waals surface area contributed by atoms with Gasteiger partial charge in [0.2, 0.25) is 5.91 Å². The first-order chi connectivity index (χ1) is 9.06. The highest BCUT2D eigenvalue weighted by atomic mass is 16.4. The van der Waals surface area contributed by atoms with Crippen LogP contribution in [0.2, 0.25) is 0 Å². The van der Waals surface area contributed by atoms with E-state index in [9.17, 15) is 9.59 Å². The zero-order chi connectivity index (χ0) is 13.8. The molecule has 0 radical (unpaired) electrons. The minimum atomic E-state index is -1.01. The highest BCUT2D eigenvalue weighted by molar-refractivity contribution is 5.90. The van der Waals surface area contributed by atoms with Crippen LogP contribution in [0.5, 0.6) is 0 Å². The summed E-state index contributed by atoms with van der Waals surface area (Å²) in [6, 6.07) is 4.81. The number of benzene rings is 1. The van der Waals surface area contributed by atoms with Gasteiger partial charge in [0.15, 0.2) is 0 Å². The molecule has 6 nitrogen and oxygen atoms in total. The van der Waals surface area contributed by atoms with E-state index < -0.39 is 5.97 Å². The molecular formula is C13H17N3O3. The number of nitrogens with one attached hydrogen (secondary N) is 2. The van der Waals surface area contributed by atoms with Gasteiger partial charge in [-0.15, -0.1) is 0 Å². The lowest BCUT2D eigenvalue weighted by Gasteiger charge is -2.10. The van der Waals surface area contributed by atoms with E-state index in [4.69, 9.17) is 10.8 Å². The maximum atomic E-state index is 11.5. The third-order valence-corrected chi connectivity index (χ3v) is 2.91. The zero-order valence-electron chi connectivity index (χ0n) is 10.5. The molecule has 1 saturated carbocycles. The molecule has 1 fully saturated rings. The summed E-state index contributed by atoms with van der Waals surface area (Å²) in [5.74, 6) is -1.00. The first-order valence-electron chi connectivity index (χ1n) is 6.22. The van der Waals surface area contributed by atoms with Crippen molar-refractivity contribution in [1.29, 1.82) is 0 Å². The van der Waals surface area contributed by atoms with Crippen molar-refractivity contribution in [2.75, 3.05) is 17.6 Å². The summed E-state index contributed by atoms with van der Waals surface area (Å²) in [4.78, 5) is 22.3. The summed E-state index contributed by atoms with van der Waals surface area (Å²) in [7, 11) is 0. The van der Waals surface area contributed by atoms with Gasteiger partial charge >= 0.3 is 5.97 Å². The molecule has 102 valence electrons. The summed E-state index contributed by atoms with van der Waals surface area (Å²) in [5, 5.41) is 14.8. The number of hydrogen-bond donors (Lipinski definition) is 4. The number of carboxylic acid groups (broad SMARTS) is 1. The van der Waals surface area contributed by atoms with Gasteiger partial charge in [-0.2, -0.15) is 0 Å². The molecule has 0 aromatic heterocycles. The topological polar surface area (TPSA) is 104 Å². The minimum absolute atomic E-state index is 0.00274. The van der Waals surface area contributed by atoms with E-state index in [1.165, 1.54) is 18.2 Å². The van der Waals surface area contributed by atoms with Crippen molar-refractivity contribution >= 4 is 23.3 Å². The number of nitrogen functional groups attached to an aromatic ring is 1. The first-order valence-corrected chi connectivity index (χ1v) is 6.22. The second-order valence-corrected chi connectivity index (χ2v) is 4.63. The van der Waals surface area contributed by atoms with Gasteiger partial charge in [-0.25, -0.2) is 4.79 Å². The van der Waals surface area contributed by atoms with Crippen molar-refractivity contribution < 1.29 is 14.7 Å². The number of anilines is 2. The molecule has 1 aliphatic rings. The van der Waals surface area contributed by atoms with Crippen LogP contribution in [-0.4, -0.2) is 29.6 Å². The van der Waals surface area contributed by atoms with E-state index in [1.54, 1.807) is 0 Å². The lowest BCUT2D eigenvalue weighted by atomic mass is 10.1. The summed E-state index contributed by atoms with van der Waals surface area (Å²) in [6.45, 7) is 0.422. The van der Waals surface area contributed by atoms with Gasteiger partial charge in [0, 0.05) is 19.0 Å². The Morgan fingerprint density at radius 2 is 2.11 bits per heavy atom. The minimum Gasteiger partial charge on any atom is -0.478 e. The van der Waals surface area contributed by atoms with Crippen LogP contribution in [0, 0.1) is 0 Å². The van der Waals surface area contributed by atoms with Gasteiger partial charge in [-0.1, -0.05) is 0 Å². The standard InChI is InChI=1S/C13H17N3O3/c14-10-4-1-8(13(18)19)7-11(10)15-6-5-12(17)16-9-2-3-9/h1,4,7,9,15H,2-3,5-6,14H2,(H,16,17)(H,18,19). The molecule has 0 saturated heterocycles. The summed E-state index contributed by atoms with van der Waals surface area (Å²) in [6.07, 6.45) is 2.47. The Bertz CT molecular complexity index is 498. The predicted molar refractivity (Wildman–Crippen MR) is 72.1 cm³/mol. The van der Waals surface area contributed by atoms with E-state index in [1.807, 2.05) is 0 Å². The maximum absolute atomic E-state index is 11.5. The van der Waals surface area contributed by atoms with Crippen LogP contribution in [0.1, 0.15) is 29.6 Å². The average molecular weight is 263 g/mol. The Balaban J connectivity index is 1.85. The van der Waals surface area contributed by atoms with Crippen molar-refractivity contribution in [1.82, 2.24) is 5.32 Å². The molecule has 6 heteroatoms. The van der Waals surface area contributed by atoms with Crippen LogP contribution >= 0.6 is 0 Å². The Morgan fingerprint density at radius 3 is 2.74 bits per heavy atom. The number of hydrogen-bond acceptors (Lipinski definition) is 4. The molecule has 0 heterocycles. The van der Waals surface area contributed by atoms with E-state index in [0.717, 1.165) is 12.8 Å². The molecule has 19 heavy (non-hydrogen) atoms. The molecular weight excluding hydrogens is 246 g/mol. The second kappa shape index (κ2) is 5.60. The van der Waals surface area contributed by atoms with Crippen LogP contribution in [0.4, 0.5) is 11.4 Å². The summed E-state index contributed by atoms with van der Waals surface area (Å²) in [5.41, 5.74) is 6.91. The molecule has 0 spiro atoms. The second-order valence-electron chi connectivity index (χ2n) is 4.63. The molecule has 1 amide bonds. The molecule has 5 N–H and O–H groups in total. The monoisotopic (exact) mass is 263 g/mol. The number of carbonyl (C=O) groups is 2. The van der Waals surface area contributed by atoms with Crippen molar-refractivity contribution in [2.24, 2.45) is 0 Å². The van der Waals surface area contributed by atoms with E-state index in [0.29, 0.717) is 30.4 Å². The van der Waals surface area contributed by atoms with E-state index in [2.05, 4.69) is 10.6 Å². The van der Waals surface area contributed by atoms with E-state index in [-0.39, 0.29) is 11.5 Å². The van der Waals surface area contributed by atoms with Gasteiger partial charge in [0.1, 0.15) is 0 Å². The third kappa shape index (κ3) is 3.87. The van der Waals surface area contributed by atoms with Gasteiger partial charge in [-0.05, 0) is 31.0 Å². The van der Waals surface area contributed by atoms with E-state index >= 15 is 0 Å². The fourth-order valence-corrected chi connectivity index (χ4v) is 1.68. The van der Waals surface area contributed by atoms with Crippen LogP contribution in [0.15, 0.2) is 18.2 Å². The largest absolute Gasteiger partial charge is 0.478 e. The molecule has 0 aliphatic heterocycles. The Labute approximate surface area is 111 Å². The molecule has 0 atom stereocenters. The van der Waals surface area contributed by atoms with Gasteiger partial charge in [-0.3, -0.25) is 4.79 Å². The maximum Gasteiger partial charge on any atom is 0.335 e. The van der Waals surface area contributed by atoms with Crippen molar-refractivity contribution in [2.45, 2.75) is 25.3 Å². The fourth-order valence-electron chi connectivity index (χ4n) is 1.68. The molecule has 1 aromatic carbocycles. The Kier molecular flexibility index (Phi) is 3.89. The lowest BCUT2D eigenvalue weighted by Crippen LogP contribution is -2.27. The number of nitrogens with two attached hydrogens (primary N) is 1. The highest BCUT2D eigenvalue weighted by Crippen LogP contribution is 2.20. The SMILES string of the molecule is Nc1ccc(C(=O)O)cc1NCCC(=O)NC1CC1. The fraction of sp³-hybridized carbons (Fsp3) is 0.385. The van der Waals surface area contributed by atoms with Crippen LogP contribution in [-0.2, 0) is 4.79 Å². The van der Waals surface area contributed by atoms with Gasteiger partial charge in [0.25, 0.3) is 0 Å². The molecule has 0 unspecified atom stereocenters. The predicted octanol–water partition coefficient (Wildman–Crippen LogP) is 1.05. The van der Waals surface area contributed by atoms with Crippen molar-refractivity contribution in [3.8, 4) is 0 Å². The quantitative estimate of drug-likeness (QED) is 0.574. The number of carboxylic acids is 1. The molecule has 1 aromatic rings. The van der Waals surface area contributed by atoms with Crippen LogP contribution in [0.3, 0.4) is 0 Å². The summed E-state index contributed by atoms with van der Waals surface area (Å²) < 4.78 is 0. The van der Waals surface area contributed by atoms with Crippen molar-refractivity contribution in [3.05, 3.63) is 23.8 Å². The first kappa shape index (κ1) is 13.2. The average Bonchev–Trinajstić information content (AvgIpc) is 3.15. The van der Waals surface area contributed by atoms with Crippen LogP contribution in [0.25, 0.3) is 0 Å². The Morgan fingerprint density at radius 1 is 1.37 bits per heavy atom. The van der Waals surface area contributed by atoms with Gasteiger partial charge in [0.05, 0.1) is 16.9 Å². The molecule has 1 aliphatic carbocycles.